The number of hydrogen-bond donors (Lipinski definition) is 1. The smallest absolute Gasteiger partial charge is 0.0328 e. The largest absolute Gasteiger partial charge is 0.383 e. The highest BCUT2D eigenvalue weighted by Crippen LogP contribution is 2.30. The van der Waals surface area contributed by atoms with E-state index in [1.54, 1.807) is 0 Å². The zero-order valence-corrected chi connectivity index (χ0v) is 6.78. The summed E-state index contributed by atoms with van der Waals surface area (Å²) in [5.74, 6) is 0. The highest BCUT2D eigenvalue weighted by molar-refractivity contribution is 5.30. The van der Waals surface area contributed by atoms with E-state index in [-0.39, 0.29) is 0 Å². The first-order valence-corrected chi connectivity index (χ1v) is 3.85. The Kier molecular flexibility index (Phi) is 2.15. The van der Waals surface area contributed by atoms with Crippen LogP contribution in [0.15, 0.2) is 23.9 Å². The third-order valence-electron chi connectivity index (χ3n) is 1.53. The van der Waals surface area contributed by atoms with Gasteiger partial charge >= 0.3 is 0 Å². The zero-order chi connectivity index (χ0) is 7.56. The van der Waals surface area contributed by atoms with Gasteiger partial charge in [0.1, 0.15) is 0 Å². The molecule has 1 aliphatic rings. The number of allylic oxidation sites excluding steroid dienone is 2. The molecule has 0 bridgehead atoms. The van der Waals surface area contributed by atoms with Crippen LogP contribution in [0.5, 0.6) is 0 Å². The molecule has 1 fully saturated rings. The molecule has 0 spiro atoms. The highest BCUT2D eigenvalue weighted by atomic mass is 14.9. The van der Waals surface area contributed by atoms with E-state index in [1.807, 2.05) is 6.08 Å². The molecule has 0 aromatic heterocycles. The topological polar surface area (TPSA) is 12.0 Å². The Labute approximate surface area is 62.8 Å². The molecule has 0 amide bonds. The molecule has 0 atom stereocenters. The molecule has 1 saturated carbocycles. The van der Waals surface area contributed by atoms with Gasteiger partial charge in [-0.15, -0.1) is 0 Å². The highest BCUT2D eigenvalue weighted by Gasteiger charge is 2.15. The monoisotopic (exact) mass is 137 g/mol. The van der Waals surface area contributed by atoms with Crippen molar-refractivity contribution in [1.82, 2.24) is 5.32 Å². The van der Waals surface area contributed by atoms with E-state index in [0.29, 0.717) is 6.04 Å². The van der Waals surface area contributed by atoms with Crippen LogP contribution < -0.4 is 5.32 Å². The number of nitrogens with one attached hydrogen (secondary N) is 1. The molecule has 10 heavy (non-hydrogen) atoms. The lowest BCUT2D eigenvalue weighted by Crippen LogP contribution is -2.20. The summed E-state index contributed by atoms with van der Waals surface area (Å²) in [7, 11) is 0. The van der Waals surface area contributed by atoms with E-state index >= 15 is 0 Å². The summed E-state index contributed by atoms with van der Waals surface area (Å²) in [5.41, 5.74) is 2.79. The minimum Gasteiger partial charge on any atom is -0.383 e. The van der Waals surface area contributed by atoms with Gasteiger partial charge < -0.3 is 5.32 Å². The summed E-state index contributed by atoms with van der Waals surface area (Å²) in [5, 5.41) is 3.35. The van der Waals surface area contributed by atoms with E-state index in [2.05, 4.69) is 25.7 Å². The lowest BCUT2D eigenvalue weighted by molar-refractivity contribution is 0.679. The summed E-state index contributed by atoms with van der Waals surface area (Å²) >= 11 is 0. The number of hydrogen-bond acceptors (Lipinski definition) is 1. The Bertz CT molecular complexity index is 160. The van der Waals surface area contributed by atoms with Gasteiger partial charge in [-0.2, -0.15) is 0 Å². The van der Waals surface area contributed by atoms with E-state index in [1.165, 1.54) is 24.1 Å². The van der Waals surface area contributed by atoms with E-state index in [0.717, 1.165) is 0 Å². The molecule has 0 aromatic carbocycles. The van der Waals surface area contributed by atoms with Gasteiger partial charge in [-0.1, -0.05) is 6.58 Å². The third-order valence-corrected chi connectivity index (χ3v) is 1.53. The Balaban J connectivity index is 2.50. The van der Waals surface area contributed by atoms with Crippen LogP contribution in [0, 0.1) is 0 Å². The molecular formula is C9H15N. The fourth-order valence-electron chi connectivity index (χ4n) is 0.948. The molecule has 1 heteroatoms. The predicted molar refractivity (Wildman–Crippen MR) is 44.7 cm³/mol. The quantitative estimate of drug-likeness (QED) is 0.629. The fraction of sp³-hybridized carbons (Fsp3) is 0.556. The SMILES string of the molecule is C=CC(NC(C)C)=C1CC1. The van der Waals surface area contributed by atoms with Crippen molar-refractivity contribution in [2.75, 3.05) is 0 Å². The Morgan fingerprint density at radius 2 is 2.20 bits per heavy atom. The van der Waals surface area contributed by atoms with E-state index < -0.39 is 0 Å². The summed E-state index contributed by atoms with van der Waals surface area (Å²) in [6.45, 7) is 8.05. The molecule has 56 valence electrons. The first-order chi connectivity index (χ1) is 4.74. The van der Waals surface area contributed by atoms with Crippen LogP contribution in [-0.4, -0.2) is 6.04 Å². The molecule has 0 aliphatic heterocycles. The maximum Gasteiger partial charge on any atom is 0.0328 e. The van der Waals surface area contributed by atoms with Crippen molar-refractivity contribution in [3.05, 3.63) is 23.9 Å². The van der Waals surface area contributed by atoms with Crippen LogP contribution in [0.4, 0.5) is 0 Å². The lowest BCUT2D eigenvalue weighted by Gasteiger charge is -2.09. The maximum absolute atomic E-state index is 3.75. The van der Waals surface area contributed by atoms with Crippen LogP contribution >= 0.6 is 0 Å². The minimum absolute atomic E-state index is 0.529. The molecule has 0 saturated heterocycles. The summed E-state index contributed by atoms with van der Waals surface area (Å²) < 4.78 is 0. The van der Waals surface area contributed by atoms with Crippen LogP contribution in [0.3, 0.4) is 0 Å². The van der Waals surface area contributed by atoms with Crippen molar-refractivity contribution in [2.45, 2.75) is 32.7 Å². The van der Waals surface area contributed by atoms with Crippen LogP contribution in [0.25, 0.3) is 0 Å². The second-order valence-electron chi connectivity index (χ2n) is 3.02. The first kappa shape index (κ1) is 7.39. The molecule has 1 N–H and O–H groups in total. The van der Waals surface area contributed by atoms with Gasteiger partial charge in [0.2, 0.25) is 0 Å². The second-order valence-corrected chi connectivity index (χ2v) is 3.02. The van der Waals surface area contributed by atoms with Crippen molar-refractivity contribution < 1.29 is 0 Å². The predicted octanol–water partition coefficient (Wildman–Crippen LogP) is 2.22. The normalized spacial score (nSPS) is 15.3. The maximum atomic E-state index is 3.75. The zero-order valence-electron chi connectivity index (χ0n) is 6.78. The average molecular weight is 137 g/mol. The van der Waals surface area contributed by atoms with Crippen LogP contribution in [0.2, 0.25) is 0 Å². The molecule has 0 aromatic rings. The van der Waals surface area contributed by atoms with Crippen LogP contribution in [0.1, 0.15) is 26.7 Å². The molecular weight excluding hydrogens is 122 g/mol. The van der Waals surface area contributed by atoms with Gasteiger partial charge in [0.05, 0.1) is 0 Å². The standard InChI is InChI=1S/C9H15N/c1-4-9(8-5-6-8)10-7(2)3/h4,7,10H,1,5-6H2,2-3H3. The molecule has 1 rings (SSSR count). The molecule has 0 heterocycles. The van der Waals surface area contributed by atoms with Crippen LogP contribution in [-0.2, 0) is 0 Å². The first-order valence-electron chi connectivity index (χ1n) is 3.85. The fourth-order valence-corrected chi connectivity index (χ4v) is 0.948. The molecule has 0 unspecified atom stereocenters. The second kappa shape index (κ2) is 2.91. The average Bonchev–Trinajstić information content (AvgIpc) is 2.63. The van der Waals surface area contributed by atoms with Gasteiger partial charge in [-0.05, 0) is 38.3 Å². The Hall–Kier alpha value is -0.720. The summed E-state index contributed by atoms with van der Waals surface area (Å²) in [6, 6.07) is 0.529. The van der Waals surface area contributed by atoms with Gasteiger partial charge in [-0.25, -0.2) is 0 Å². The van der Waals surface area contributed by atoms with Crippen molar-refractivity contribution in [3.8, 4) is 0 Å². The Morgan fingerprint density at radius 3 is 2.50 bits per heavy atom. The third kappa shape index (κ3) is 1.90. The molecule has 1 nitrogen and oxygen atoms in total. The van der Waals surface area contributed by atoms with Gasteiger partial charge in [0, 0.05) is 11.7 Å². The van der Waals surface area contributed by atoms with Crippen molar-refractivity contribution >= 4 is 0 Å². The minimum atomic E-state index is 0.529. The number of rotatable bonds is 3. The van der Waals surface area contributed by atoms with Crippen molar-refractivity contribution in [2.24, 2.45) is 0 Å². The van der Waals surface area contributed by atoms with E-state index in [9.17, 15) is 0 Å². The van der Waals surface area contributed by atoms with Crippen molar-refractivity contribution in [1.29, 1.82) is 0 Å². The van der Waals surface area contributed by atoms with Gasteiger partial charge in [-0.3, -0.25) is 0 Å². The lowest BCUT2D eigenvalue weighted by atomic mass is 10.3. The van der Waals surface area contributed by atoms with Gasteiger partial charge in [0.25, 0.3) is 0 Å². The summed E-state index contributed by atoms with van der Waals surface area (Å²) in [6.07, 6.45) is 4.45. The van der Waals surface area contributed by atoms with E-state index in [4.69, 9.17) is 0 Å². The molecule has 0 radical (unpaired) electrons. The van der Waals surface area contributed by atoms with Crippen molar-refractivity contribution in [3.63, 3.8) is 0 Å². The summed E-state index contributed by atoms with van der Waals surface area (Å²) in [4.78, 5) is 0. The Morgan fingerprint density at radius 1 is 1.60 bits per heavy atom. The van der Waals surface area contributed by atoms with Gasteiger partial charge in [0.15, 0.2) is 0 Å². The molecule has 1 aliphatic carbocycles.